The fraction of sp³-hybridized carbons (Fsp3) is 0.111. The number of non-ortho nitro benzene ring substituents is 1. The topological polar surface area (TPSA) is 85.1 Å². The average molecular weight is 353 g/mol. The SMILES string of the molecule is Cc1nc(-c2ccccc2NC(=O)Cc2ccc([N+](=O)[O-])cc2)cs1. The molecule has 3 rings (SSSR count). The van der Waals surface area contributed by atoms with Crippen molar-refractivity contribution < 1.29 is 9.72 Å². The highest BCUT2D eigenvalue weighted by molar-refractivity contribution is 7.09. The van der Waals surface area contributed by atoms with Gasteiger partial charge in [-0.3, -0.25) is 14.9 Å². The largest absolute Gasteiger partial charge is 0.325 e. The van der Waals surface area contributed by atoms with E-state index in [2.05, 4.69) is 10.3 Å². The lowest BCUT2D eigenvalue weighted by Crippen LogP contribution is -2.15. The summed E-state index contributed by atoms with van der Waals surface area (Å²) in [6.45, 7) is 1.93. The average Bonchev–Trinajstić information content (AvgIpc) is 3.02. The molecule has 0 radical (unpaired) electrons. The number of para-hydroxylation sites is 1. The van der Waals surface area contributed by atoms with E-state index in [9.17, 15) is 14.9 Å². The third kappa shape index (κ3) is 4.07. The maximum atomic E-state index is 12.3. The molecule has 0 atom stereocenters. The number of nitro benzene ring substituents is 1. The van der Waals surface area contributed by atoms with E-state index in [-0.39, 0.29) is 18.0 Å². The summed E-state index contributed by atoms with van der Waals surface area (Å²) in [5.41, 5.74) is 3.11. The molecule has 0 aliphatic heterocycles. The number of hydrogen-bond acceptors (Lipinski definition) is 5. The summed E-state index contributed by atoms with van der Waals surface area (Å²) in [5.74, 6) is -0.187. The van der Waals surface area contributed by atoms with E-state index in [0.29, 0.717) is 11.3 Å². The van der Waals surface area contributed by atoms with Crippen molar-refractivity contribution in [1.29, 1.82) is 0 Å². The molecule has 0 aliphatic rings. The molecule has 0 unspecified atom stereocenters. The fourth-order valence-electron chi connectivity index (χ4n) is 2.42. The number of benzene rings is 2. The molecule has 1 aromatic heterocycles. The minimum atomic E-state index is -0.462. The fourth-order valence-corrected chi connectivity index (χ4v) is 3.03. The molecule has 0 bridgehead atoms. The summed E-state index contributed by atoms with van der Waals surface area (Å²) in [6, 6.07) is 13.5. The Bertz CT molecular complexity index is 919. The molecule has 25 heavy (non-hydrogen) atoms. The highest BCUT2D eigenvalue weighted by atomic mass is 32.1. The second-order valence-electron chi connectivity index (χ2n) is 5.45. The van der Waals surface area contributed by atoms with E-state index in [4.69, 9.17) is 0 Å². The zero-order chi connectivity index (χ0) is 17.8. The van der Waals surface area contributed by atoms with Gasteiger partial charge in [0.15, 0.2) is 0 Å². The molecule has 0 saturated carbocycles. The van der Waals surface area contributed by atoms with Crippen molar-refractivity contribution >= 4 is 28.6 Å². The van der Waals surface area contributed by atoms with Crippen molar-refractivity contribution in [3.8, 4) is 11.3 Å². The smallest absolute Gasteiger partial charge is 0.269 e. The van der Waals surface area contributed by atoms with E-state index in [1.807, 2.05) is 36.6 Å². The van der Waals surface area contributed by atoms with Crippen molar-refractivity contribution in [2.24, 2.45) is 0 Å². The Morgan fingerprint density at radius 2 is 1.92 bits per heavy atom. The van der Waals surface area contributed by atoms with Gasteiger partial charge in [-0.05, 0) is 18.6 Å². The molecular formula is C18H15N3O3S. The van der Waals surface area contributed by atoms with Crippen molar-refractivity contribution in [1.82, 2.24) is 4.98 Å². The zero-order valence-corrected chi connectivity index (χ0v) is 14.2. The van der Waals surface area contributed by atoms with Crippen LogP contribution in [0.5, 0.6) is 0 Å². The van der Waals surface area contributed by atoms with Crippen LogP contribution in [0.1, 0.15) is 10.6 Å². The van der Waals surface area contributed by atoms with Crippen LogP contribution in [0.15, 0.2) is 53.9 Å². The van der Waals surface area contributed by atoms with Gasteiger partial charge in [0.1, 0.15) is 0 Å². The number of nitrogens with one attached hydrogen (secondary N) is 1. The highest BCUT2D eigenvalue weighted by Crippen LogP contribution is 2.28. The number of nitro groups is 1. The molecule has 0 aliphatic carbocycles. The van der Waals surface area contributed by atoms with E-state index < -0.39 is 4.92 Å². The number of aromatic nitrogens is 1. The maximum Gasteiger partial charge on any atom is 0.269 e. The molecule has 1 heterocycles. The van der Waals surface area contributed by atoms with E-state index >= 15 is 0 Å². The molecule has 6 nitrogen and oxygen atoms in total. The number of nitrogens with zero attached hydrogens (tertiary/aromatic N) is 2. The first-order valence-corrected chi connectivity index (χ1v) is 8.45. The van der Waals surface area contributed by atoms with Gasteiger partial charge in [0, 0.05) is 23.1 Å². The normalized spacial score (nSPS) is 10.4. The summed E-state index contributed by atoms with van der Waals surface area (Å²) in [6.07, 6.45) is 0.141. The van der Waals surface area contributed by atoms with Crippen LogP contribution in [0.2, 0.25) is 0 Å². The van der Waals surface area contributed by atoms with Crippen LogP contribution >= 0.6 is 11.3 Å². The van der Waals surface area contributed by atoms with Crippen LogP contribution in [-0.2, 0) is 11.2 Å². The van der Waals surface area contributed by atoms with Gasteiger partial charge in [0.25, 0.3) is 5.69 Å². The van der Waals surface area contributed by atoms with Crippen LogP contribution < -0.4 is 5.32 Å². The zero-order valence-electron chi connectivity index (χ0n) is 13.4. The standard InChI is InChI=1S/C18H15N3O3S/c1-12-19-17(11-25-12)15-4-2-3-5-16(15)20-18(22)10-13-6-8-14(9-7-13)21(23)24/h2-9,11H,10H2,1H3,(H,20,22). The van der Waals surface area contributed by atoms with Crippen LogP contribution in [0.25, 0.3) is 11.3 Å². The number of rotatable bonds is 5. The van der Waals surface area contributed by atoms with E-state index in [1.54, 1.807) is 23.5 Å². The second-order valence-corrected chi connectivity index (χ2v) is 6.51. The van der Waals surface area contributed by atoms with Gasteiger partial charge < -0.3 is 5.32 Å². The lowest BCUT2D eigenvalue weighted by Gasteiger charge is -2.09. The summed E-state index contributed by atoms with van der Waals surface area (Å²) in [4.78, 5) is 27.0. The number of amides is 1. The van der Waals surface area contributed by atoms with Crippen LogP contribution in [-0.4, -0.2) is 15.8 Å². The van der Waals surface area contributed by atoms with Gasteiger partial charge >= 0.3 is 0 Å². The third-order valence-electron chi connectivity index (χ3n) is 3.61. The third-order valence-corrected chi connectivity index (χ3v) is 4.38. The highest BCUT2D eigenvalue weighted by Gasteiger charge is 2.12. The molecule has 1 amide bonds. The summed E-state index contributed by atoms with van der Waals surface area (Å²) >= 11 is 1.55. The predicted octanol–water partition coefficient (Wildman–Crippen LogP) is 4.21. The number of aryl methyl sites for hydroxylation is 1. The van der Waals surface area contributed by atoms with Gasteiger partial charge in [0.05, 0.1) is 27.7 Å². The van der Waals surface area contributed by atoms with Gasteiger partial charge in [-0.15, -0.1) is 11.3 Å². The van der Waals surface area contributed by atoms with Crippen molar-refractivity contribution in [3.05, 3.63) is 74.6 Å². The molecule has 0 spiro atoms. The Morgan fingerprint density at radius 3 is 2.56 bits per heavy atom. The second kappa shape index (κ2) is 7.23. The lowest BCUT2D eigenvalue weighted by atomic mass is 10.1. The number of anilines is 1. The molecule has 1 N–H and O–H groups in total. The van der Waals surface area contributed by atoms with Gasteiger partial charge in [-0.1, -0.05) is 30.3 Å². The van der Waals surface area contributed by atoms with Crippen molar-refractivity contribution in [2.75, 3.05) is 5.32 Å². The first-order chi connectivity index (χ1) is 12.0. The molecule has 7 heteroatoms. The maximum absolute atomic E-state index is 12.3. The summed E-state index contributed by atoms with van der Waals surface area (Å²) < 4.78 is 0. The van der Waals surface area contributed by atoms with E-state index in [1.165, 1.54) is 12.1 Å². The molecule has 126 valence electrons. The van der Waals surface area contributed by atoms with Crippen LogP contribution in [0, 0.1) is 17.0 Å². The Labute approximate surface area is 148 Å². The first kappa shape index (κ1) is 16.8. The van der Waals surface area contributed by atoms with Crippen LogP contribution in [0.3, 0.4) is 0 Å². The van der Waals surface area contributed by atoms with Gasteiger partial charge in [0.2, 0.25) is 5.91 Å². The molecule has 2 aromatic carbocycles. The first-order valence-electron chi connectivity index (χ1n) is 7.57. The minimum absolute atomic E-state index is 0.00778. The van der Waals surface area contributed by atoms with Crippen LogP contribution in [0.4, 0.5) is 11.4 Å². The number of hydrogen-bond donors (Lipinski definition) is 1. The Morgan fingerprint density at radius 1 is 1.20 bits per heavy atom. The number of carbonyl (C=O) groups is 1. The molecule has 0 fully saturated rings. The van der Waals surface area contributed by atoms with Gasteiger partial charge in [-0.2, -0.15) is 0 Å². The molecule has 0 saturated heterocycles. The van der Waals surface area contributed by atoms with Crippen molar-refractivity contribution in [3.63, 3.8) is 0 Å². The monoisotopic (exact) mass is 353 g/mol. The lowest BCUT2D eigenvalue weighted by molar-refractivity contribution is -0.384. The number of thiazole rings is 1. The predicted molar refractivity (Wildman–Crippen MR) is 97.7 cm³/mol. The minimum Gasteiger partial charge on any atom is -0.325 e. The quantitative estimate of drug-likeness (QED) is 0.550. The summed E-state index contributed by atoms with van der Waals surface area (Å²) in [5, 5.41) is 16.5. The Kier molecular flexibility index (Phi) is 4.85. The molecule has 3 aromatic rings. The van der Waals surface area contributed by atoms with Gasteiger partial charge in [-0.25, -0.2) is 4.98 Å². The van der Waals surface area contributed by atoms with E-state index in [0.717, 1.165) is 16.3 Å². The Balaban J connectivity index is 1.74. The summed E-state index contributed by atoms with van der Waals surface area (Å²) in [7, 11) is 0. The van der Waals surface area contributed by atoms with Crippen molar-refractivity contribution in [2.45, 2.75) is 13.3 Å². The molecular weight excluding hydrogens is 338 g/mol. The Hall–Kier alpha value is -3.06. The number of carbonyl (C=O) groups excluding carboxylic acids is 1.